The first-order valence-electron chi connectivity index (χ1n) is 11.2. The summed E-state index contributed by atoms with van der Waals surface area (Å²) in [5.74, 6) is 0.230. The number of amides is 1. The molecule has 0 saturated carbocycles. The van der Waals surface area contributed by atoms with E-state index >= 15 is 0 Å². The first-order chi connectivity index (χ1) is 12.7. The van der Waals surface area contributed by atoms with E-state index in [1.165, 1.54) is 64.2 Å². The summed E-state index contributed by atoms with van der Waals surface area (Å²) in [4.78, 5) is 19.0. The van der Waals surface area contributed by atoms with Crippen LogP contribution in [0.3, 0.4) is 0 Å². The number of hydrogen-bond donors (Lipinski definition) is 1. The van der Waals surface area contributed by atoms with Crippen LogP contribution in [0.25, 0.3) is 0 Å². The van der Waals surface area contributed by atoms with Gasteiger partial charge >= 0.3 is 0 Å². The number of nitrogens with zero attached hydrogens (tertiary/aromatic N) is 2. The van der Waals surface area contributed by atoms with Gasteiger partial charge in [-0.15, -0.1) is 0 Å². The number of nitrogens with one attached hydrogen (secondary N) is 1. The second-order valence-corrected chi connectivity index (χ2v) is 7.79. The summed E-state index contributed by atoms with van der Waals surface area (Å²) >= 11 is 0. The number of carbonyl (C=O) groups is 1. The van der Waals surface area contributed by atoms with Crippen molar-refractivity contribution in [2.75, 3.05) is 19.6 Å². The Hall–Kier alpha value is -0.900. The van der Waals surface area contributed by atoms with Crippen LogP contribution >= 0.6 is 0 Å². The molecule has 1 N–H and O–H groups in total. The monoisotopic (exact) mass is 365 g/mol. The van der Waals surface area contributed by atoms with Crippen molar-refractivity contribution in [3.63, 3.8) is 0 Å². The van der Waals surface area contributed by atoms with Crippen LogP contribution in [0.1, 0.15) is 104 Å². The van der Waals surface area contributed by atoms with E-state index in [-0.39, 0.29) is 12.1 Å². The summed E-state index contributed by atoms with van der Waals surface area (Å²) in [6, 6.07) is 0. The van der Waals surface area contributed by atoms with Crippen molar-refractivity contribution in [2.45, 2.75) is 110 Å². The summed E-state index contributed by atoms with van der Waals surface area (Å²) in [5, 5.41) is 3.62. The van der Waals surface area contributed by atoms with Gasteiger partial charge in [0.2, 0.25) is 5.91 Å². The minimum Gasteiger partial charge on any atom is -0.327 e. The lowest BCUT2D eigenvalue weighted by Crippen LogP contribution is -2.50. The molecule has 4 nitrogen and oxygen atoms in total. The van der Waals surface area contributed by atoms with E-state index in [0.717, 1.165) is 38.2 Å². The molecule has 1 amide bonds. The largest absolute Gasteiger partial charge is 0.327 e. The van der Waals surface area contributed by atoms with Crippen molar-refractivity contribution in [2.24, 2.45) is 4.99 Å². The maximum Gasteiger partial charge on any atom is 0.229 e. The van der Waals surface area contributed by atoms with Crippen molar-refractivity contribution in [1.82, 2.24) is 10.2 Å². The van der Waals surface area contributed by atoms with Crippen molar-refractivity contribution < 1.29 is 4.79 Å². The standard InChI is InChI=1S/C22H43N3O/c1-4-6-7-8-9-10-11-12-13-14-16-24-21(5-2)25-18-15-17-23-20(3)19-22(25)26/h21,24H,4-19H2,1-3H3/b23-20-. The molecular formula is C22H43N3O. The van der Waals surface area contributed by atoms with Gasteiger partial charge in [-0.2, -0.15) is 0 Å². The van der Waals surface area contributed by atoms with Gasteiger partial charge in [-0.1, -0.05) is 71.6 Å². The Labute approximate surface area is 162 Å². The molecular weight excluding hydrogens is 322 g/mol. The second-order valence-electron chi connectivity index (χ2n) is 7.79. The van der Waals surface area contributed by atoms with Gasteiger partial charge < -0.3 is 4.90 Å². The van der Waals surface area contributed by atoms with E-state index < -0.39 is 0 Å². The highest BCUT2D eigenvalue weighted by Crippen LogP contribution is 2.12. The average molecular weight is 366 g/mol. The molecule has 1 aliphatic heterocycles. The lowest BCUT2D eigenvalue weighted by Gasteiger charge is -2.33. The van der Waals surface area contributed by atoms with E-state index in [1.54, 1.807) is 0 Å². The second kappa shape index (κ2) is 15.2. The Morgan fingerprint density at radius 2 is 1.62 bits per heavy atom. The fourth-order valence-corrected chi connectivity index (χ4v) is 3.70. The Balaban J connectivity index is 2.12. The molecule has 0 aromatic heterocycles. The van der Waals surface area contributed by atoms with E-state index in [2.05, 4.69) is 29.1 Å². The fraction of sp³-hybridized carbons (Fsp3) is 0.909. The summed E-state index contributed by atoms with van der Waals surface area (Å²) < 4.78 is 0. The van der Waals surface area contributed by atoms with Crippen LogP contribution in [0.5, 0.6) is 0 Å². The minimum atomic E-state index is 0.187. The zero-order valence-electron chi connectivity index (χ0n) is 17.7. The van der Waals surface area contributed by atoms with Gasteiger partial charge in [0.25, 0.3) is 0 Å². The highest BCUT2D eigenvalue weighted by atomic mass is 16.2. The van der Waals surface area contributed by atoms with Crippen LogP contribution in [-0.4, -0.2) is 42.3 Å². The summed E-state index contributed by atoms with van der Waals surface area (Å²) in [5.41, 5.74) is 0.976. The zero-order chi connectivity index (χ0) is 19.0. The van der Waals surface area contributed by atoms with Crippen molar-refractivity contribution in [1.29, 1.82) is 0 Å². The number of carbonyl (C=O) groups excluding carboxylic acids is 1. The van der Waals surface area contributed by atoms with Gasteiger partial charge in [0.05, 0.1) is 12.6 Å². The van der Waals surface area contributed by atoms with E-state index in [4.69, 9.17) is 0 Å². The Kier molecular flexibility index (Phi) is 13.5. The number of hydrogen-bond acceptors (Lipinski definition) is 3. The third kappa shape index (κ3) is 10.3. The summed E-state index contributed by atoms with van der Waals surface area (Å²) in [7, 11) is 0. The first-order valence-corrected chi connectivity index (χ1v) is 11.2. The van der Waals surface area contributed by atoms with Gasteiger partial charge in [-0.05, 0) is 32.7 Å². The van der Waals surface area contributed by atoms with E-state index in [1.807, 2.05) is 6.92 Å². The van der Waals surface area contributed by atoms with Crippen LogP contribution in [0.15, 0.2) is 4.99 Å². The molecule has 0 spiro atoms. The molecule has 0 aromatic rings. The predicted octanol–water partition coefficient (Wildman–Crippen LogP) is 5.32. The van der Waals surface area contributed by atoms with Crippen molar-refractivity contribution >= 4 is 11.6 Å². The maximum atomic E-state index is 12.5. The lowest BCUT2D eigenvalue weighted by atomic mass is 10.1. The van der Waals surface area contributed by atoms with Gasteiger partial charge in [0.1, 0.15) is 0 Å². The molecule has 1 atom stereocenters. The number of rotatable bonds is 14. The molecule has 152 valence electrons. The molecule has 0 aromatic carbocycles. The Bertz CT molecular complexity index is 395. The smallest absolute Gasteiger partial charge is 0.229 e. The number of aliphatic imine (C=N–C) groups is 1. The third-order valence-corrected chi connectivity index (χ3v) is 5.34. The average Bonchev–Trinajstić information content (AvgIpc) is 2.62. The summed E-state index contributed by atoms with van der Waals surface area (Å²) in [6.07, 6.45) is 16.2. The Morgan fingerprint density at radius 1 is 1.00 bits per heavy atom. The quantitative estimate of drug-likeness (QED) is 0.424. The first kappa shape index (κ1) is 23.1. The topological polar surface area (TPSA) is 44.7 Å². The number of unbranched alkanes of at least 4 members (excludes halogenated alkanes) is 9. The van der Waals surface area contributed by atoms with Crippen LogP contribution in [0, 0.1) is 0 Å². The van der Waals surface area contributed by atoms with Gasteiger partial charge in [-0.3, -0.25) is 15.1 Å². The normalized spacial score (nSPS) is 19.0. The maximum absolute atomic E-state index is 12.5. The fourth-order valence-electron chi connectivity index (χ4n) is 3.70. The van der Waals surface area contributed by atoms with Gasteiger partial charge in [-0.25, -0.2) is 0 Å². The van der Waals surface area contributed by atoms with E-state index in [9.17, 15) is 4.79 Å². The highest BCUT2D eigenvalue weighted by Gasteiger charge is 2.22. The predicted molar refractivity (Wildman–Crippen MR) is 113 cm³/mol. The molecule has 0 saturated heterocycles. The molecule has 0 aliphatic carbocycles. The Morgan fingerprint density at radius 3 is 2.23 bits per heavy atom. The highest BCUT2D eigenvalue weighted by molar-refractivity contribution is 6.00. The van der Waals surface area contributed by atoms with Gasteiger partial charge in [0.15, 0.2) is 0 Å². The van der Waals surface area contributed by atoms with Crippen LogP contribution < -0.4 is 5.32 Å². The molecule has 26 heavy (non-hydrogen) atoms. The molecule has 0 radical (unpaired) electrons. The molecule has 1 rings (SSSR count). The molecule has 4 heteroatoms. The van der Waals surface area contributed by atoms with Crippen molar-refractivity contribution in [3.05, 3.63) is 0 Å². The molecule has 0 bridgehead atoms. The summed E-state index contributed by atoms with van der Waals surface area (Å²) in [6.45, 7) is 9.12. The van der Waals surface area contributed by atoms with Crippen LogP contribution in [0.4, 0.5) is 0 Å². The minimum absolute atomic E-state index is 0.187. The van der Waals surface area contributed by atoms with Crippen molar-refractivity contribution in [3.8, 4) is 0 Å². The molecule has 1 unspecified atom stereocenters. The molecule has 1 aliphatic rings. The molecule has 1 heterocycles. The third-order valence-electron chi connectivity index (χ3n) is 5.34. The lowest BCUT2D eigenvalue weighted by molar-refractivity contribution is -0.133. The van der Waals surface area contributed by atoms with Crippen LogP contribution in [0.2, 0.25) is 0 Å². The SMILES string of the molecule is CCCCCCCCCCCCNC(CC)N1CCC/N=C(/C)CC1=O. The van der Waals surface area contributed by atoms with E-state index in [0.29, 0.717) is 6.42 Å². The van der Waals surface area contributed by atoms with Gasteiger partial charge in [0, 0.05) is 18.8 Å². The zero-order valence-corrected chi connectivity index (χ0v) is 17.7. The molecule has 0 fully saturated rings. The van der Waals surface area contributed by atoms with Crippen LogP contribution in [-0.2, 0) is 4.79 Å².